The highest BCUT2D eigenvalue weighted by molar-refractivity contribution is 4.95. The fourth-order valence-corrected chi connectivity index (χ4v) is 1.88. The molecule has 1 fully saturated rings. The van der Waals surface area contributed by atoms with E-state index in [1.807, 2.05) is 6.20 Å². The monoisotopic (exact) mass is 192 g/mol. The first-order valence-corrected chi connectivity index (χ1v) is 5.07. The van der Waals surface area contributed by atoms with Gasteiger partial charge in [0.15, 0.2) is 0 Å². The van der Waals surface area contributed by atoms with Crippen LogP contribution in [-0.2, 0) is 6.54 Å². The zero-order chi connectivity index (χ0) is 9.80. The van der Waals surface area contributed by atoms with Crippen molar-refractivity contribution >= 4 is 0 Å². The van der Waals surface area contributed by atoms with Gasteiger partial charge in [0, 0.05) is 37.7 Å². The molecular weight excluding hydrogens is 176 g/mol. The third kappa shape index (κ3) is 2.49. The Hall–Kier alpha value is -1.00. The van der Waals surface area contributed by atoms with Gasteiger partial charge < -0.3 is 5.73 Å². The number of hydrogen-bond acceptors (Lipinski definition) is 4. The first-order valence-electron chi connectivity index (χ1n) is 5.07. The second-order valence-electron chi connectivity index (χ2n) is 3.83. The summed E-state index contributed by atoms with van der Waals surface area (Å²) in [6.45, 7) is 2.99. The van der Waals surface area contributed by atoms with E-state index in [2.05, 4.69) is 14.9 Å². The molecule has 1 aliphatic rings. The largest absolute Gasteiger partial charge is 0.327 e. The second-order valence-corrected chi connectivity index (χ2v) is 3.83. The number of piperidine rings is 1. The van der Waals surface area contributed by atoms with Crippen molar-refractivity contribution in [2.75, 3.05) is 13.1 Å². The van der Waals surface area contributed by atoms with Gasteiger partial charge in [-0.25, -0.2) is 0 Å². The summed E-state index contributed by atoms with van der Waals surface area (Å²) in [6, 6.07) is 0.334. The van der Waals surface area contributed by atoms with Crippen molar-refractivity contribution in [1.82, 2.24) is 14.9 Å². The Balaban J connectivity index is 1.91. The number of aromatic nitrogens is 2. The van der Waals surface area contributed by atoms with Gasteiger partial charge in [-0.1, -0.05) is 0 Å². The third-order valence-corrected chi connectivity index (χ3v) is 2.54. The average molecular weight is 192 g/mol. The lowest BCUT2D eigenvalue weighted by Crippen LogP contribution is -2.42. The van der Waals surface area contributed by atoms with Crippen LogP contribution in [0, 0.1) is 0 Å². The molecule has 0 bridgehead atoms. The Morgan fingerprint density at radius 3 is 3.14 bits per heavy atom. The van der Waals surface area contributed by atoms with Gasteiger partial charge in [-0.05, 0) is 19.4 Å². The number of nitrogens with zero attached hydrogens (tertiary/aromatic N) is 3. The maximum atomic E-state index is 5.90. The Kier molecular flexibility index (Phi) is 3.06. The van der Waals surface area contributed by atoms with Crippen molar-refractivity contribution in [3.63, 3.8) is 0 Å². The molecule has 1 unspecified atom stereocenters. The van der Waals surface area contributed by atoms with Gasteiger partial charge in [0.1, 0.15) is 0 Å². The van der Waals surface area contributed by atoms with Crippen LogP contribution >= 0.6 is 0 Å². The van der Waals surface area contributed by atoms with E-state index >= 15 is 0 Å². The highest BCUT2D eigenvalue weighted by Gasteiger charge is 2.16. The zero-order valence-electron chi connectivity index (χ0n) is 8.26. The minimum absolute atomic E-state index is 0.334. The summed E-state index contributed by atoms with van der Waals surface area (Å²) < 4.78 is 0. The molecule has 0 aromatic carbocycles. The molecule has 1 aromatic rings. The zero-order valence-corrected chi connectivity index (χ0v) is 8.26. The molecule has 0 aliphatic carbocycles. The van der Waals surface area contributed by atoms with Gasteiger partial charge in [-0.2, -0.15) is 0 Å². The molecule has 76 valence electrons. The van der Waals surface area contributed by atoms with Crippen molar-refractivity contribution in [3.05, 3.63) is 24.3 Å². The fraction of sp³-hybridized carbons (Fsp3) is 0.600. The van der Waals surface area contributed by atoms with Crippen LogP contribution in [0.3, 0.4) is 0 Å². The molecule has 2 rings (SSSR count). The molecule has 2 N–H and O–H groups in total. The van der Waals surface area contributed by atoms with Gasteiger partial charge in [-0.3, -0.25) is 14.9 Å². The predicted octanol–water partition coefficient (Wildman–Crippen LogP) is 0.400. The minimum Gasteiger partial charge on any atom is -0.327 e. The Morgan fingerprint density at radius 1 is 1.50 bits per heavy atom. The fourth-order valence-electron chi connectivity index (χ4n) is 1.88. The van der Waals surface area contributed by atoms with Gasteiger partial charge in [0.25, 0.3) is 0 Å². The second kappa shape index (κ2) is 4.48. The lowest BCUT2D eigenvalue weighted by molar-refractivity contribution is 0.199. The van der Waals surface area contributed by atoms with Crippen LogP contribution in [0.2, 0.25) is 0 Å². The summed E-state index contributed by atoms with van der Waals surface area (Å²) in [6.07, 6.45) is 7.60. The molecule has 1 aliphatic heterocycles. The van der Waals surface area contributed by atoms with Crippen molar-refractivity contribution in [2.24, 2.45) is 5.73 Å². The molecule has 1 saturated heterocycles. The van der Waals surface area contributed by atoms with Crippen LogP contribution in [-0.4, -0.2) is 34.0 Å². The Labute approximate surface area is 84.2 Å². The normalized spacial score (nSPS) is 23.6. The number of hydrogen-bond donors (Lipinski definition) is 1. The average Bonchev–Trinajstić information content (AvgIpc) is 2.19. The van der Waals surface area contributed by atoms with Crippen LogP contribution in [0.1, 0.15) is 18.5 Å². The number of nitrogens with two attached hydrogens (primary N) is 1. The standard InChI is InChI=1S/C10H16N4/c11-9-2-1-5-14(7-9)8-10-6-12-3-4-13-10/h3-4,6,9H,1-2,5,7-8,11H2. The van der Waals surface area contributed by atoms with Crippen LogP contribution in [0.5, 0.6) is 0 Å². The Bertz CT molecular complexity index is 275. The van der Waals surface area contributed by atoms with Crippen molar-refractivity contribution in [2.45, 2.75) is 25.4 Å². The topological polar surface area (TPSA) is 55.0 Å². The highest BCUT2D eigenvalue weighted by atomic mass is 15.1. The lowest BCUT2D eigenvalue weighted by atomic mass is 10.1. The predicted molar refractivity (Wildman–Crippen MR) is 54.5 cm³/mol. The number of rotatable bonds is 2. The quantitative estimate of drug-likeness (QED) is 0.737. The molecule has 4 nitrogen and oxygen atoms in total. The molecule has 0 radical (unpaired) electrons. The summed E-state index contributed by atoms with van der Waals surface area (Å²) in [5.41, 5.74) is 6.93. The van der Waals surface area contributed by atoms with Crippen molar-refractivity contribution in [3.8, 4) is 0 Å². The first kappa shape index (κ1) is 9.55. The van der Waals surface area contributed by atoms with Crippen molar-refractivity contribution < 1.29 is 0 Å². The molecule has 0 amide bonds. The van der Waals surface area contributed by atoms with E-state index in [9.17, 15) is 0 Å². The van der Waals surface area contributed by atoms with E-state index in [1.54, 1.807) is 12.4 Å². The molecule has 1 aromatic heterocycles. The van der Waals surface area contributed by atoms with E-state index < -0.39 is 0 Å². The van der Waals surface area contributed by atoms with Crippen LogP contribution in [0.15, 0.2) is 18.6 Å². The van der Waals surface area contributed by atoms with E-state index in [1.165, 1.54) is 6.42 Å². The number of likely N-dealkylation sites (tertiary alicyclic amines) is 1. The molecule has 1 atom stereocenters. The highest BCUT2D eigenvalue weighted by Crippen LogP contribution is 2.10. The van der Waals surface area contributed by atoms with Crippen LogP contribution < -0.4 is 5.73 Å². The van der Waals surface area contributed by atoms with Gasteiger partial charge in [-0.15, -0.1) is 0 Å². The SMILES string of the molecule is NC1CCCN(Cc2cnccn2)C1. The first-order chi connectivity index (χ1) is 6.84. The van der Waals surface area contributed by atoms with Gasteiger partial charge >= 0.3 is 0 Å². The van der Waals surface area contributed by atoms with E-state index in [-0.39, 0.29) is 0 Å². The summed E-state index contributed by atoms with van der Waals surface area (Å²) >= 11 is 0. The maximum Gasteiger partial charge on any atom is 0.0726 e. The molecule has 2 heterocycles. The van der Waals surface area contributed by atoms with Crippen LogP contribution in [0.25, 0.3) is 0 Å². The summed E-state index contributed by atoms with van der Waals surface area (Å²) in [7, 11) is 0. The Morgan fingerprint density at radius 2 is 2.43 bits per heavy atom. The maximum absolute atomic E-state index is 5.90. The van der Waals surface area contributed by atoms with E-state index in [0.717, 1.165) is 31.7 Å². The van der Waals surface area contributed by atoms with E-state index in [0.29, 0.717) is 6.04 Å². The summed E-state index contributed by atoms with van der Waals surface area (Å²) in [5.74, 6) is 0. The van der Waals surface area contributed by atoms with Crippen molar-refractivity contribution in [1.29, 1.82) is 0 Å². The summed E-state index contributed by atoms with van der Waals surface area (Å²) in [4.78, 5) is 10.6. The lowest BCUT2D eigenvalue weighted by Gasteiger charge is -2.30. The smallest absolute Gasteiger partial charge is 0.0726 e. The molecule has 0 spiro atoms. The minimum atomic E-state index is 0.334. The third-order valence-electron chi connectivity index (χ3n) is 2.54. The molecule has 0 saturated carbocycles. The van der Waals surface area contributed by atoms with Gasteiger partial charge in [0.2, 0.25) is 0 Å². The molecule has 4 heteroatoms. The molecular formula is C10H16N4. The van der Waals surface area contributed by atoms with Crippen LogP contribution in [0.4, 0.5) is 0 Å². The molecule has 14 heavy (non-hydrogen) atoms. The van der Waals surface area contributed by atoms with Gasteiger partial charge in [0.05, 0.1) is 5.69 Å². The summed E-state index contributed by atoms with van der Waals surface area (Å²) in [5, 5.41) is 0. The van der Waals surface area contributed by atoms with E-state index in [4.69, 9.17) is 5.73 Å².